The Hall–Kier alpha value is -1.36. The van der Waals surface area contributed by atoms with E-state index in [2.05, 4.69) is 26.2 Å². The van der Waals surface area contributed by atoms with E-state index in [0.717, 1.165) is 16.0 Å². The number of hydrogen-bond donors (Lipinski definition) is 1. The fourth-order valence-corrected chi connectivity index (χ4v) is 2.06. The zero-order valence-electron chi connectivity index (χ0n) is 9.61. The maximum Gasteiger partial charge on any atom is 0.130 e. The van der Waals surface area contributed by atoms with Crippen molar-refractivity contribution in [1.82, 2.24) is 9.55 Å². The summed E-state index contributed by atoms with van der Waals surface area (Å²) >= 11 is 3.38. The van der Waals surface area contributed by atoms with Gasteiger partial charge in [0.1, 0.15) is 11.6 Å². The summed E-state index contributed by atoms with van der Waals surface area (Å²) in [4.78, 5) is 4.26. The highest BCUT2D eigenvalue weighted by molar-refractivity contribution is 9.10. The number of imidazole rings is 1. The smallest absolute Gasteiger partial charge is 0.130 e. The van der Waals surface area contributed by atoms with Crippen molar-refractivity contribution < 1.29 is 4.39 Å². The Bertz CT molecular complexity index is 524. The van der Waals surface area contributed by atoms with Crippen molar-refractivity contribution in [3.8, 4) is 0 Å². The lowest BCUT2D eigenvalue weighted by molar-refractivity contribution is 0.627. The van der Waals surface area contributed by atoms with Gasteiger partial charge in [-0.15, -0.1) is 0 Å². The Morgan fingerprint density at radius 1 is 1.47 bits per heavy atom. The Morgan fingerprint density at radius 3 is 2.88 bits per heavy atom. The largest absolute Gasteiger partial charge is 0.374 e. The molecule has 90 valence electrons. The van der Waals surface area contributed by atoms with Crippen LogP contribution in [0.1, 0.15) is 18.8 Å². The second-order valence-electron chi connectivity index (χ2n) is 3.89. The molecule has 1 aromatic heterocycles. The van der Waals surface area contributed by atoms with Crippen LogP contribution in [0.3, 0.4) is 0 Å². The predicted molar refractivity (Wildman–Crippen MR) is 69.3 cm³/mol. The molecule has 0 bridgehead atoms. The van der Waals surface area contributed by atoms with Crippen molar-refractivity contribution in [3.63, 3.8) is 0 Å². The summed E-state index contributed by atoms with van der Waals surface area (Å²) < 4.78 is 15.9. The predicted octanol–water partition coefficient (Wildman–Crippen LogP) is 3.49. The summed E-state index contributed by atoms with van der Waals surface area (Å²) in [5.74, 6) is 0.643. The lowest BCUT2D eigenvalue weighted by Crippen LogP contribution is -2.12. The molecule has 1 heterocycles. The normalized spacial score (nSPS) is 12.5. The number of rotatable bonds is 3. The first-order valence-electron chi connectivity index (χ1n) is 5.26. The molecule has 0 spiro atoms. The third-order valence-corrected chi connectivity index (χ3v) is 3.24. The second kappa shape index (κ2) is 4.87. The highest BCUT2D eigenvalue weighted by atomic mass is 79.9. The summed E-state index contributed by atoms with van der Waals surface area (Å²) in [5, 5.41) is 3.22. The number of anilines is 1. The topological polar surface area (TPSA) is 29.9 Å². The van der Waals surface area contributed by atoms with Crippen LogP contribution in [0.15, 0.2) is 35.1 Å². The molecule has 0 saturated carbocycles. The van der Waals surface area contributed by atoms with Gasteiger partial charge in [-0.2, -0.15) is 0 Å². The van der Waals surface area contributed by atoms with Crippen molar-refractivity contribution >= 4 is 21.6 Å². The summed E-state index contributed by atoms with van der Waals surface area (Å²) in [6.07, 6.45) is 3.63. The van der Waals surface area contributed by atoms with E-state index in [4.69, 9.17) is 0 Å². The van der Waals surface area contributed by atoms with E-state index in [9.17, 15) is 4.39 Å². The molecular formula is C12H13BrFN3. The van der Waals surface area contributed by atoms with Crippen molar-refractivity contribution in [3.05, 3.63) is 46.7 Å². The Morgan fingerprint density at radius 2 is 2.24 bits per heavy atom. The number of hydrogen-bond acceptors (Lipinski definition) is 2. The molecule has 0 aliphatic heterocycles. The average molecular weight is 298 g/mol. The van der Waals surface area contributed by atoms with Gasteiger partial charge in [0.2, 0.25) is 0 Å². The van der Waals surface area contributed by atoms with Crippen LogP contribution in [0, 0.1) is 5.82 Å². The first kappa shape index (κ1) is 12.1. The molecular weight excluding hydrogens is 285 g/mol. The van der Waals surface area contributed by atoms with E-state index in [1.165, 1.54) is 12.1 Å². The van der Waals surface area contributed by atoms with E-state index >= 15 is 0 Å². The molecule has 0 saturated heterocycles. The van der Waals surface area contributed by atoms with Crippen LogP contribution >= 0.6 is 15.9 Å². The average Bonchev–Trinajstić information content (AvgIpc) is 2.70. The minimum atomic E-state index is -0.261. The standard InChI is InChI=1S/C12H13BrFN3/c1-8(12-15-5-6-17(12)2)16-11-7-9(14)3-4-10(11)13/h3-8,16H,1-2H3. The van der Waals surface area contributed by atoms with Crippen LogP contribution in [0.5, 0.6) is 0 Å². The fourth-order valence-electron chi connectivity index (χ4n) is 1.70. The summed E-state index contributed by atoms with van der Waals surface area (Å²) in [6, 6.07) is 4.57. The number of nitrogens with one attached hydrogen (secondary N) is 1. The third-order valence-electron chi connectivity index (χ3n) is 2.55. The minimum Gasteiger partial charge on any atom is -0.374 e. The Kier molecular flexibility index (Phi) is 3.47. The number of aromatic nitrogens is 2. The maximum atomic E-state index is 13.1. The summed E-state index contributed by atoms with van der Waals surface area (Å²) in [5.41, 5.74) is 0.723. The van der Waals surface area contributed by atoms with Crippen LogP contribution < -0.4 is 5.32 Å². The quantitative estimate of drug-likeness (QED) is 0.940. The molecule has 0 aliphatic carbocycles. The molecule has 17 heavy (non-hydrogen) atoms. The first-order chi connectivity index (χ1) is 8.08. The molecule has 1 unspecified atom stereocenters. The van der Waals surface area contributed by atoms with Gasteiger partial charge < -0.3 is 9.88 Å². The molecule has 0 fully saturated rings. The van der Waals surface area contributed by atoms with Crippen LogP contribution in [0.2, 0.25) is 0 Å². The van der Waals surface area contributed by atoms with Gasteiger partial charge in [0.15, 0.2) is 0 Å². The molecule has 0 amide bonds. The van der Waals surface area contributed by atoms with Gasteiger partial charge in [-0.3, -0.25) is 0 Å². The van der Waals surface area contributed by atoms with Gasteiger partial charge in [0, 0.05) is 23.9 Å². The summed E-state index contributed by atoms with van der Waals surface area (Å²) in [7, 11) is 1.93. The van der Waals surface area contributed by atoms with E-state index < -0.39 is 0 Å². The molecule has 2 aromatic rings. The molecule has 1 atom stereocenters. The Labute approximate surface area is 108 Å². The van der Waals surface area contributed by atoms with E-state index in [-0.39, 0.29) is 11.9 Å². The second-order valence-corrected chi connectivity index (χ2v) is 4.74. The number of benzene rings is 1. The van der Waals surface area contributed by atoms with Crippen LogP contribution in [0.25, 0.3) is 0 Å². The molecule has 2 rings (SSSR count). The maximum absolute atomic E-state index is 13.1. The monoisotopic (exact) mass is 297 g/mol. The highest BCUT2D eigenvalue weighted by Gasteiger charge is 2.11. The van der Waals surface area contributed by atoms with Crippen molar-refractivity contribution in [2.45, 2.75) is 13.0 Å². The van der Waals surface area contributed by atoms with Gasteiger partial charge in [0.05, 0.1) is 11.7 Å². The molecule has 0 aliphatic rings. The van der Waals surface area contributed by atoms with E-state index in [0.29, 0.717) is 0 Å². The number of aryl methyl sites for hydroxylation is 1. The summed E-state index contributed by atoms with van der Waals surface area (Å²) in [6.45, 7) is 1.99. The lowest BCUT2D eigenvalue weighted by Gasteiger charge is -2.16. The Balaban J connectivity index is 2.21. The van der Waals surface area contributed by atoms with Crippen LogP contribution in [-0.2, 0) is 7.05 Å². The van der Waals surface area contributed by atoms with Crippen LogP contribution in [0.4, 0.5) is 10.1 Å². The van der Waals surface area contributed by atoms with E-state index in [1.807, 2.05) is 24.7 Å². The fraction of sp³-hybridized carbons (Fsp3) is 0.250. The third kappa shape index (κ3) is 2.66. The van der Waals surface area contributed by atoms with Crippen molar-refractivity contribution in [2.75, 3.05) is 5.32 Å². The van der Waals surface area contributed by atoms with Gasteiger partial charge in [0.25, 0.3) is 0 Å². The SMILES string of the molecule is CC(Nc1cc(F)ccc1Br)c1nccn1C. The molecule has 0 radical (unpaired) electrons. The zero-order valence-corrected chi connectivity index (χ0v) is 11.2. The zero-order chi connectivity index (χ0) is 12.4. The van der Waals surface area contributed by atoms with Crippen molar-refractivity contribution in [1.29, 1.82) is 0 Å². The van der Waals surface area contributed by atoms with Crippen molar-refractivity contribution in [2.24, 2.45) is 7.05 Å². The van der Waals surface area contributed by atoms with Gasteiger partial charge >= 0.3 is 0 Å². The first-order valence-corrected chi connectivity index (χ1v) is 6.06. The van der Waals surface area contributed by atoms with Crippen LogP contribution in [-0.4, -0.2) is 9.55 Å². The number of halogens is 2. The highest BCUT2D eigenvalue weighted by Crippen LogP contribution is 2.26. The minimum absolute atomic E-state index is 0.00750. The van der Waals surface area contributed by atoms with Gasteiger partial charge in [-0.1, -0.05) is 0 Å². The molecule has 5 heteroatoms. The molecule has 1 aromatic carbocycles. The van der Waals surface area contributed by atoms with E-state index in [1.54, 1.807) is 12.3 Å². The molecule has 3 nitrogen and oxygen atoms in total. The number of nitrogens with zero attached hydrogens (tertiary/aromatic N) is 2. The lowest BCUT2D eigenvalue weighted by atomic mass is 10.2. The molecule has 1 N–H and O–H groups in total. The van der Waals surface area contributed by atoms with Gasteiger partial charge in [-0.25, -0.2) is 9.37 Å². The van der Waals surface area contributed by atoms with Gasteiger partial charge in [-0.05, 0) is 41.1 Å².